The largest absolute Gasteiger partial charge is 0.494 e. The van der Waals surface area contributed by atoms with Crippen LogP contribution in [0.1, 0.15) is 103 Å². The number of unbranched alkanes of at least 4 members (excludes halogenated alkanes) is 9. The molecule has 0 saturated carbocycles. The van der Waals surface area contributed by atoms with Crippen LogP contribution in [-0.2, 0) is 20.8 Å². The van der Waals surface area contributed by atoms with Crippen LogP contribution in [0.3, 0.4) is 0 Å². The van der Waals surface area contributed by atoms with Crippen LogP contribution in [0.2, 0.25) is 5.02 Å². The number of amides is 3. The number of benzene rings is 2. The third-order valence-corrected chi connectivity index (χ3v) is 7.58. The van der Waals surface area contributed by atoms with E-state index in [-0.39, 0.29) is 30.1 Å². The first-order valence-corrected chi connectivity index (χ1v) is 17.2. The second-order valence-electron chi connectivity index (χ2n) is 12.1. The summed E-state index contributed by atoms with van der Waals surface area (Å²) in [4.78, 5) is 37.8. The van der Waals surface area contributed by atoms with Crippen molar-refractivity contribution in [3.63, 3.8) is 0 Å². The molecule has 0 heterocycles. The fourth-order valence-electron chi connectivity index (χ4n) is 4.78. The monoisotopic (exact) mass is 642 g/mol. The summed E-state index contributed by atoms with van der Waals surface area (Å²) in [6.07, 6.45) is 13.0. The van der Waals surface area contributed by atoms with E-state index in [1.54, 1.807) is 42.5 Å². The Morgan fingerprint density at radius 1 is 0.800 bits per heavy atom. The molecule has 4 N–H and O–H groups in total. The minimum absolute atomic E-state index is 0.0632. The molecular weight excluding hydrogens is 588 g/mol. The first-order valence-electron chi connectivity index (χ1n) is 16.8. The van der Waals surface area contributed by atoms with Crippen molar-refractivity contribution in [2.75, 3.05) is 25.0 Å². The molecule has 0 bridgehead atoms. The van der Waals surface area contributed by atoms with Gasteiger partial charge in [-0.3, -0.25) is 14.4 Å². The van der Waals surface area contributed by atoms with E-state index >= 15 is 0 Å². The number of carbonyl (C=O) groups is 3. The maximum absolute atomic E-state index is 12.9. The molecule has 2 aromatic rings. The van der Waals surface area contributed by atoms with Crippen molar-refractivity contribution in [2.45, 2.75) is 110 Å². The molecular formula is C36H55ClN4O4. The molecule has 0 spiro atoms. The fraction of sp³-hybridized carbons (Fsp3) is 0.583. The van der Waals surface area contributed by atoms with Crippen LogP contribution in [0.25, 0.3) is 0 Å². The molecule has 0 aliphatic rings. The molecule has 8 nitrogen and oxygen atoms in total. The lowest BCUT2D eigenvalue weighted by molar-refractivity contribution is -0.128. The van der Waals surface area contributed by atoms with E-state index in [9.17, 15) is 14.4 Å². The van der Waals surface area contributed by atoms with Crippen molar-refractivity contribution in [3.05, 3.63) is 59.1 Å². The lowest BCUT2D eigenvalue weighted by Crippen LogP contribution is -2.52. The Morgan fingerprint density at radius 2 is 1.47 bits per heavy atom. The van der Waals surface area contributed by atoms with Gasteiger partial charge in [-0.15, -0.1) is 0 Å². The number of carbonyl (C=O) groups excluding carboxylic acids is 3. The van der Waals surface area contributed by atoms with Crippen molar-refractivity contribution in [1.82, 2.24) is 16.0 Å². The molecule has 1 unspecified atom stereocenters. The summed E-state index contributed by atoms with van der Waals surface area (Å²) in [6.45, 7) is 7.92. The molecule has 9 heteroatoms. The van der Waals surface area contributed by atoms with E-state index in [2.05, 4.69) is 28.2 Å². The normalized spacial score (nSPS) is 11.6. The van der Waals surface area contributed by atoms with Gasteiger partial charge in [0.15, 0.2) is 6.17 Å². The quantitative estimate of drug-likeness (QED) is 0.0705. The van der Waals surface area contributed by atoms with Crippen molar-refractivity contribution >= 4 is 35.0 Å². The van der Waals surface area contributed by atoms with Gasteiger partial charge >= 0.3 is 0 Å². The Balaban J connectivity index is 1.68. The molecule has 0 fully saturated rings. The summed E-state index contributed by atoms with van der Waals surface area (Å²) >= 11 is 6.04. The molecule has 3 amide bonds. The standard InChI is InChI=1S/C36H55ClN4O4/c1-4-5-6-7-8-9-10-11-12-13-23-38-33(42)18-15-24-45-32-21-19-31(20-22-32)40-35(36(44)39-27-28(2)3)41-34(43)26-29-16-14-17-30(37)25-29/h14,16-17,19-22,25,28,35,40H,4-13,15,18,23-24,26-27H2,1-3H3,(H,38,42)(H,39,44)(H,41,43). The zero-order chi connectivity index (χ0) is 32.7. The maximum atomic E-state index is 12.9. The van der Waals surface area contributed by atoms with Gasteiger partial charge < -0.3 is 26.0 Å². The van der Waals surface area contributed by atoms with E-state index in [0.717, 1.165) is 18.5 Å². The van der Waals surface area contributed by atoms with Gasteiger partial charge in [-0.1, -0.05) is 102 Å². The number of hydrogen-bond acceptors (Lipinski definition) is 5. The topological polar surface area (TPSA) is 109 Å². The Morgan fingerprint density at radius 3 is 2.11 bits per heavy atom. The molecule has 2 rings (SSSR count). The highest BCUT2D eigenvalue weighted by Crippen LogP contribution is 2.17. The van der Waals surface area contributed by atoms with Gasteiger partial charge in [0, 0.05) is 30.2 Å². The van der Waals surface area contributed by atoms with Gasteiger partial charge in [0.25, 0.3) is 5.91 Å². The van der Waals surface area contributed by atoms with E-state index in [1.165, 1.54) is 57.8 Å². The molecule has 0 radical (unpaired) electrons. The summed E-state index contributed by atoms with van der Waals surface area (Å²) in [6, 6.07) is 14.3. The van der Waals surface area contributed by atoms with Gasteiger partial charge in [0.2, 0.25) is 11.8 Å². The second kappa shape index (κ2) is 23.1. The number of ether oxygens (including phenoxy) is 1. The highest BCUT2D eigenvalue weighted by molar-refractivity contribution is 6.30. The zero-order valence-corrected chi connectivity index (χ0v) is 28.4. The molecule has 2 aromatic carbocycles. The Kier molecular flexibility index (Phi) is 19.5. The molecule has 0 saturated heterocycles. The first-order chi connectivity index (χ1) is 21.8. The number of halogens is 1. The molecule has 0 aromatic heterocycles. The Bertz CT molecular complexity index is 1130. The third kappa shape index (κ3) is 18.3. The van der Waals surface area contributed by atoms with Crippen molar-refractivity contribution < 1.29 is 19.1 Å². The number of anilines is 1. The van der Waals surface area contributed by atoms with Crippen LogP contribution in [0, 0.1) is 5.92 Å². The van der Waals surface area contributed by atoms with Crippen LogP contribution >= 0.6 is 11.6 Å². The van der Waals surface area contributed by atoms with Crippen molar-refractivity contribution in [3.8, 4) is 5.75 Å². The molecule has 0 aliphatic heterocycles. The Hall–Kier alpha value is -3.26. The predicted molar refractivity (Wildman–Crippen MR) is 185 cm³/mol. The first kappa shape index (κ1) is 37.9. The third-order valence-electron chi connectivity index (χ3n) is 7.34. The van der Waals surface area contributed by atoms with E-state index < -0.39 is 6.17 Å². The molecule has 1 atom stereocenters. The van der Waals surface area contributed by atoms with E-state index in [0.29, 0.717) is 42.5 Å². The minimum Gasteiger partial charge on any atom is -0.494 e. The highest BCUT2D eigenvalue weighted by Gasteiger charge is 2.21. The van der Waals surface area contributed by atoms with Crippen LogP contribution < -0.4 is 26.0 Å². The SMILES string of the molecule is CCCCCCCCCCCCNC(=O)CCCOc1ccc(NC(NC(=O)Cc2cccc(Cl)c2)C(=O)NCC(C)C)cc1. The smallest absolute Gasteiger partial charge is 0.263 e. The van der Waals surface area contributed by atoms with Crippen LogP contribution in [0.15, 0.2) is 48.5 Å². The highest BCUT2D eigenvalue weighted by atomic mass is 35.5. The van der Waals surface area contributed by atoms with Gasteiger partial charge in [-0.05, 0) is 60.7 Å². The molecule has 0 aliphatic carbocycles. The lowest BCUT2D eigenvalue weighted by Gasteiger charge is -2.21. The minimum atomic E-state index is -0.957. The van der Waals surface area contributed by atoms with Crippen LogP contribution in [0.4, 0.5) is 5.69 Å². The van der Waals surface area contributed by atoms with Gasteiger partial charge in [0.1, 0.15) is 5.75 Å². The fourth-order valence-corrected chi connectivity index (χ4v) is 5.00. The number of nitrogens with one attached hydrogen (secondary N) is 4. The second-order valence-corrected chi connectivity index (χ2v) is 12.5. The summed E-state index contributed by atoms with van der Waals surface area (Å²) in [7, 11) is 0. The van der Waals surface area contributed by atoms with Gasteiger partial charge in [-0.2, -0.15) is 0 Å². The number of hydrogen-bond donors (Lipinski definition) is 4. The molecule has 45 heavy (non-hydrogen) atoms. The average molecular weight is 643 g/mol. The summed E-state index contributed by atoms with van der Waals surface area (Å²) < 4.78 is 5.81. The van der Waals surface area contributed by atoms with Crippen LogP contribution in [-0.4, -0.2) is 43.6 Å². The maximum Gasteiger partial charge on any atom is 0.263 e. The van der Waals surface area contributed by atoms with Gasteiger partial charge in [0.05, 0.1) is 13.0 Å². The van der Waals surface area contributed by atoms with Crippen LogP contribution in [0.5, 0.6) is 5.75 Å². The van der Waals surface area contributed by atoms with Crippen molar-refractivity contribution in [1.29, 1.82) is 0 Å². The lowest BCUT2D eigenvalue weighted by atomic mass is 10.1. The number of rotatable bonds is 24. The zero-order valence-electron chi connectivity index (χ0n) is 27.6. The van der Waals surface area contributed by atoms with E-state index in [1.807, 2.05) is 19.9 Å². The summed E-state index contributed by atoms with van der Waals surface area (Å²) in [5.41, 5.74) is 1.41. The van der Waals surface area contributed by atoms with Gasteiger partial charge in [-0.25, -0.2) is 0 Å². The molecule has 250 valence electrons. The predicted octanol–water partition coefficient (Wildman–Crippen LogP) is 7.41. The van der Waals surface area contributed by atoms with E-state index in [4.69, 9.17) is 16.3 Å². The summed E-state index contributed by atoms with van der Waals surface area (Å²) in [5, 5.41) is 12.3. The average Bonchev–Trinajstić information content (AvgIpc) is 3.01. The Labute approximate surface area is 275 Å². The summed E-state index contributed by atoms with van der Waals surface area (Å²) in [5.74, 6) is 0.367. The van der Waals surface area contributed by atoms with Crippen molar-refractivity contribution in [2.24, 2.45) is 5.92 Å².